The molecule has 0 bridgehead atoms. The van der Waals surface area contributed by atoms with Crippen LogP contribution in [0.1, 0.15) is 31.7 Å². The Morgan fingerprint density at radius 3 is 2.63 bits per heavy atom. The van der Waals surface area contributed by atoms with Crippen molar-refractivity contribution < 1.29 is 4.74 Å². The maximum Gasteiger partial charge on any atom is 0.221 e. The van der Waals surface area contributed by atoms with Gasteiger partial charge in [0.25, 0.3) is 0 Å². The topological polar surface area (TPSA) is 50.3 Å². The van der Waals surface area contributed by atoms with Gasteiger partial charge < -0.3 is 15.0 Å². The van der Waals surface area contributed by atoms with Crippen LogP contribution in [0.4, 0.5) is 5.82 Å². The Hall–Kier alpha value is -1.36. The molecule has 0 unspecified atom stereocenters. The van der Waals surface area contributed by atoms with Crippen molar-refractivity contribution in [2.24, 2.45) is 0 Å². The Morgan fingerprint density at radius 1 is 1.37 bits per heavy atom. The number of hydrogen-bond donors (Lipinski definition) is 1. The summed E-state index contributed by atoms with van der Waals surface area (Å²) in [6.45, 7) is 5.50. The fourth-order valence-corrected chi connectivity index (χ4v) is 2.51. The molecular formula is C14H24N4O. The highest BCUT2D eigenvalue weighted by molar-refractivity contribution is 5.48. The first kappa shape index (κ1) is 14.1. The van der Waals surface area contributed by atoms with Gasteiger partial charge in [-0.3, -0.25) is 0 Å². The molecule has 0 amide bonds. The zero-order valence-electron chi connectivity index (χ0n) is 12.4. The lowest BCUT2D eigenvalue weighted by atomic mass is 9.75. The maximum atomic E-state index is 5.50. The summed E-state index contributed by atoms with van der Waals surface area (Å²) in [5.41, 5.74) is 1.26. The Bertz CT molecular complexity index is 429. The molecule has 0 aliphatic heterocycles. The molecule has 2 rings (SSSR count). The summed E-state index contributed by atoms with van der Waals surface area (Å²) in [4.78, 5) is 10.8. The minimum atomic E-state index is 0.281. The first-order valence-corrected chi connectivity index (χ1v) is 6.95. The number of ether oxygens (including phenoxy) is 1. The highest BCUT2D eigenvalue weighted by Crippen LogP contribution is 2.36. The number of hydrogen-bond acceptors (Lipinski definition) is 5. The number of likely N-dealkylation sites (N-methyl/N-ethyl adjacent to an activating group) is 1. The van der Waals surface area contributed by atoms with Crippen LogP contribution in [-0.2, 0) is 0 Å². The van der Waals surface area contributed by atoms with E-state index in [9.17, 15) is 0 Å². The SMILES string of the molecule is CCOc1ncnc(NCC2(N(C)C)CCC2)c1C. The van der Waals surface area contributed by atoms with E-state index in [1.165, 1.54) is 19.3 Å². The summed E-state index contributed by atoms with van der Waals surface area (Å²) in [6, 6.07) is 0. The lowest BCUT2D eigenvalue weighted by Gasteiger charge is -2.47. The molecule has 0 radical (unpaired) electrons. The summed E-state index contributed by atoms with van der Waals surface area (Å²) >= 11 is 0. The van der Waals surface area contributed by atoms with Crippen molar-refractivity contribution >= 4 is 5.82 Å². The van der Waals surface area contributed by atoms with Crippen molar-refractivity contribution in [1.29, 1.82) is 0 Å². The number of rotatable bonds is 6. The second-order valence-corrected chi connectivity index (χ2v) is 5.41. The van der Waals surface area contributed by atoms with Crippen molar-refractivity contribution in [2.45, 2.75) is 38.6 Å². The quantitative estimate of drug-likeness (QED) is 0.852. The molecule has 1 N–H and O–H groups in total. The molecular weight excluding hydrogens is 240 g/mol. The second kappa shape index (κ2) is 5.74. The summed E-state index contributed by atoms with van der Waals surface area (Å²) in [5, 5.41) is 3.46. The van der Waals surface area contributed by atoms with Gasteiger partial charge in [0, 0.05) is 12.1 Å². The zero-order valence-corrected chi connectivity index (χ0v) is 12.4. The molecule has 19 heavy (non-hydrogen) atoms. The molecule has 1 aromatic heterocycles. The highest BCUT2D eigenvalue weighted by Gasteiger charge is 2.38. The lowest BCUT2D eigenvalue weighted by molar-refractivity contribution is 0.0738. The fraction of sp³-hybridized carbons (Fsp3) is 0.714. The zero-order chi connectivity index (χ0) is 13.9. The van der Waals surface area contributed by atoms with Crippen molar-refractivity contribution in [1.82, 2.24) is 14.9 Å². The Kier molecular flexibility index (Phi) is 4.24. The molecule has 1 saturated carbocycles. The Labute approximate surface area is 115 Å². The van der Waals surface area contributed by atoms with Crippen LogP contribution >= 0.6 is 0 Å². The Morgan fingerprint density at radius 2 is 2.11 bits per heavy atom. The van der Waals surface area contributed by atoms with Crippen LogP contribution < -0.4 is 10.1 Å². The fourth-order valence-electron chi connectivity index (χ4n) is 2.51. The molecule has 1 aromatic rings. The van der Waals surface area contributed by atoms with Gasteiger partial charge in [-0.1, -0.05) is 0 Å². The molecule has 1 heterocycles. The number of aromatic nitrogens is 2. The first-order chi connectivity index (χ1) is 9.09. The van der Waals surface area contributed by atoms with Crippen molar-refractivity contribution in [2.75, 3.05) is 32.6 Å². The average Bonchev–Trinajstić information content (AvgIpc) is 2.32. The average molecular weight is 264 g/mol. The second-order valence-electron chi connectivity index (χ2n) is 5.41. The molecule has 106 valence electrons. The standard InChI is InChI=1S/C14H24N4O/c1-5-19-13-11(2)12(16-10-17-13)15-9-14(18(3)4)7-6-8-14/h10H,5-9H2,1-4H3,(H,15,16,17). The normalized spacial score (nSPS) is 17.1. The third-order valence-corrected chi connectivity index (χ3v) is 4.14. The van der Waals surface area contributed by atoms with Crippen molar-refractivity contribution in [3.8, 4) is 5.88 Å². The van der Waals surface area contributed by atoms with E-state index in [4.69, 9.17) is 4.74 Å². The number of nitrogens with one attached hydrogen (secondary N) is 1. The van der Waals surface area contributed by atoms with Gasteiger partial charge in [-0.2, -0.15) is 0 Å². The molecule has 1 aliphatic carbocycles. The van der Waals surface area contributed by atoms with Gasteiger partial charge >= 0.3 is 0 Å². The third-order valence-electron chi connectivity index (χ3n) is 4.14. The Balaban J connectivity index is 2.05. The largest absolute Gasteiger partial charge is 0.478 e. The van der Waals surface area contributed by atoms with Gasteiger partial charge in [0.2, 0.25) is 5.88 Å². The van der Waals surface area contributed by atoms with E-state index in [1.807, 2.05) is 13.8 Å². The summed E-state index contributed by atoms with van der Waals surface area (Å²) in [7, 11) is 4.30. The van der Waals surface area contributed by atoms with Gasteiger partial charge in [0.05, 0.1) is 12.2 Å². The van der Waals surface area contributed by atoms with Crippen LogP contribution in [0.15, 0.2) is 6.33 Å². The van der Waals surface area contributed by atoms with Crippen LogP contribution in [0.2, 0.25) is 0 Å². The van der Waals surface area contributed by atoms with Gasteiger partial charge in [-0.25, -0.2) is 9.97 Å². The first-order valence-electron chi connectivity index (χ1n) is 6.95. The van der Waals surface area contributed by atoms with Crippen LogP contribution in [0, 0.1) is 6.92 Å². The molecule has 0 aromatic carbocycles. The monoisotopic (exact) mass is 264 g/mol. The molecule has 0 saturated heterocycles. The van der Waals surface area contributed by atoms with E-state index in [0.717, 1.165) is 17.9 Å². The third kappa shape index (κ3) is 2.81. The molecule has 1 aliphatic rings. The van der Waals surface area contributed by atoms with E-state index in [0.29, 0.717) is 12.5 Å². The van der Waals surface area contributed by atoms with Gasteiger partial charge in [0.15, 0.2) is 0 Å². The van der Waals surface area contributed by atoms with Crippen LogP contribution in [0.3, 0.4) is 0 Å². The highest BCUT2D eigenvalue weighted by atomic mass is 16.5. The van der Waals surface area contributed by atoms with Crippen molar-refractivity contribution in [3.63, 3.8) is 0 Å². The number of nitrogens with zero attached hydrogens (tertiary/aromatic N) is 3. The van der Waals surface area contributed by atoms with E-state index < -0.39 is 0 Å². The van der Waals surface area contributed by atoms with E-state index in [2.05, 4.69) is 34.3 Å². The van der Waals surface area contributed by atoms with E-state index >= 15 is 0 Å². The predicted molar refractivity (Wildman–Crippen MR) is 76.7 cm³/mol. The smallest absolute Gasteiger partial charge is 0.221 e. The number of anilines is 1. The molecule has 5 nitrogen and oxygen atoms in total. The van der Waals surface area contributed by atoms with Crippen LogP contribution in [0.25, 0.3) is 0 Å². The van der Waals surface area contributed by atoms with Crippen molar-refractivity contribution in [3.05, 3.63) is 11.9 Å². The van der Waals surface area contributed by atoms with Crippen LogP contribution in [0.5, 0.6) is 5.88 Å². The molecule has 0 spiro atoms. The summed E-state index contributed by atoms with van der Waals surface area (Å²) in [5.74, 6) is 1.55. The lowest BCUT2D eigenvalue weighted by Crippen LogP contribution is -2.54. The van der Waals surface area contributed by atoms with Gasteiger partial charge in [0.1, 0.15) is 12.1 Å². The molecule has 5 heteroatoms. The molecule has 1 fully saturated rings. The minimum absolute atomic E-state index is 0.281. The van der Waals surface area contributed by atoms with E-state index in [1.54, 1.807) is 6.33 Å². The summed E-state index contributed by atoms with van der Waals surface area (Å²) in [6.07, 6.45) is 5.36. The van der Waals surface area contributed by atoms with Gasteiger partial charge in [-0.05, 0) is 47.2 Å². The summed E-state index contributed by atoms with van der Waals surface area (Å²) < 4.78 is 5.50. The minimum Gasteiger partial charge on any atom is -0.478 e. The van der Waals surface area contributed by atoms with E-state index in [-0.39, 0.29) is 5.54 Å². The van der Waals surface area contributed by atoms with Gasteiger partial charge in [-0.15, -0.1) is 0 Å². The molecule has 0 atom stereocenters. The maximum absolute atomic E-state index is 5.50. The van der Waals surface area contributed by atoms with Crippen LogP contribution in [-0.4, -0.2) is 47.7 Å². The predicted octanol–water partition coefficient (Wildman–Crippen LogP) is 2.08.